The standard InChI is InChI=1S/C30H36F2N2O3/c1-30(31,32)21-4-3-5-22(16-21)33-28(36)15-14-27(35)29-25-17-34(18-26(25)29)23-10-6-19(7-11-23)20-8-12-24(37-2)13-9-20/h3-5,8-9,12-13,16,19,23,25-26,29H,6-7,10-11,14-15,17-18H2,1-2H3,(H,33,36)/t19?,23?,25-,26+,29?. The highest BCUT2D eigenvalue weighted by Crippen LogP contribution is 2.54. The second-order valence-corrected chi connectivity index (χ2v) is 11.1. The fourth-order valence-corrected chi connectivity index (χ4v) is 6.48. The summed E-state index contributed by atoms with van der Waals surface area (Å²) in [4.78, 5) is 27.7. The highest BCUT2D eigenvalue weighted by atomic mass is 19.3. The second kappa shape index (κ2) is 10.5. The first kappa shape index (κ1) is 25.8. The van der Waals surface area contributed by atoms with Crippen LogP contribution in [0, 0.1) is 17.8 Å². The molecule has 2 aliphatic carbocycles. The molecule has 3 atom stereocenters. The Balaban J connectivity index is 1.03. The van der Waals surface area contributed by atoms with Gasteiger partial charge in [0.05, 0.1) is 7.11 Å². The summed E-state index contributed by atoms with van der Waals surface area (Å²) in [5.74, 6) is -0.663. The fourth-order valence-electron chi connectivity index (χ4n) is 6.48. The summed E-state index contributed by atoms with van der Waals surface area (Å²) in [5, 5.41) is 2.65. The van der Waals surface area contributed by atoms with Crippen molar-refractivity contribution in [3.8, 4) is 5.75 Å². The van der Waals surface area contributed by atoms with E-state index in [0.717, 1.165) is 25.8 Å². The van der Waals surface area contributed by atoms with Crippen molar-refractivity contribution in [2.24, 2.45) is 17.8 Å². The Morgan fingerprint density at radius 3 is 2.30 bits per heavy atom. The van der Waals surface area contributed by atoms with Gasteiger partial charge in [-0.3, -0.25) is 14.5 Å². The fraction of sp³-hybridized carbons (Fsp3) is 0.533. The van der Waals surface area contributed by atoms with Crippen molar-refractivity contribution in [2.45, 2.75) is 63.3 Å². The maximum absolute atomic E-state index is 13.5. The van der Waals surface area contributed by atoms with Gasteiger partial charge in [-0.1, -0.05) is 24.3 Å². The van der Waals surface area contributed by atoms with Crippen LogP contribution in [0.15, 0.2) is 48.5 Å². The molecule has 1 heterocycles. The molecule has 2 aromatic rings. The first-order valence-corrected chi connectivity index (χ1v) is 13.4. The number of carbonyl (C=O) groups is 2. The maximum atomic E-state index is 13.5. The molecule has 0 spiro atoms. The smallest absolute Gasteiger partial charge is 0.270 e. The minimum Gasteiger partial charge on any atom is -0.497 e. The Bertz CT molecular complexity index is 1110. The van der Waals surface area contributed by atoms with E-state index in [-0.39, 0.29) is 36.0 Å². The van der Waals surface area contributed by atoms with Gasteiger partial charge in [0.15, 0.2) is 0 Å². The van der Waals surface area contributed by atoms with Crippen LogP contribution in [-0.4, -0.2) is 42.8 Å². The molecule has 5 nitrogen and oxygen atoms in total. The summed E-state index contributed by atoms with van der Waals surface area (Å²) < 4.78 is 32.3. The van der Waals surface area contributed by atoms with Crippen LogP contribution >= 0.6 is 0 Å². The number of ketones is 1. The van der Waals surface area contributed by atoms with Crippen molar-refractivity contribution >= 4 is 17.4 Å². The number of nitrogens with zero attached hydrogens (tertiary/aromatic N) is 1. The molecule has 198 valence electrons. The Morgan fingerprint density at radius 1 is 1.00 bits per heavy atom. The number of amides is 1. The maximum Gasteiger partial charge on any atom is 0.270 e. The van der Waals surface area contributed by atoms with Crippen molar-refractivity contribution in [1.82, 2.24) is 4.90 Å². The first-order valence-electron chi connectivity index (χ1n) is 13.4. The lowest BCUT2D eigenvalue weighted by atomic mass is 9.81. The number of benzene rings is 2. The van der Waals surface area contributed by atoms with Gasteiger partial charge in [0.25, 0.3) is 5.92 Å². The van der Waals surface area contributed by atoms with E-state index in [9.17, 15) is 18.4 Å². The lowest BCUT2D eigenvalue weighted by Gasteiger charge is -2.36. The van der Waals surface area contributed by atoms with Crippen LogP contribution in [0.2, 0.25) is 0 Å². The van der Waals surface area contributed by atoms with Gasteiger partial charge in [-0.2, -0.15) is 0 Å². The van der Waals surface area contributed by atoms with Gasteiger partial charge < -0.3 is 10.1 Å². The Morgan fingerprint density at radius 2 is 1.68 bits per heavy atom. The van der Waals surface area contributed by atoms with Crippen LogP contribution in [0.4, 0.5) is 14.5 Å². The third kappa shape index (κ3) is 5.87. The number of piperidine rings is 1. The average Bonchev–Trinajstić information content (AvgIpc) is 3.40. The lowest BCUT2D eigenvalue weighted by molar-refractivity contribution is -0.124. The van der Waals surface area contributed by atoms with Crippen LogP contribution in [0.25, 0.3) is 0 Å². The second-order valence-electron chi connectivity index (χ2n) is 11.1. The molecule has 3 fully saturated rings. The molecule has 1 N–H and O–H groups in total. The third-order valence-electron chi connectivity index (χ3n) is 8.65. The number of hydrogen-bond donors (Lipinski definition) is 1. The van der Waals surface area contributed by atoms with Gasteiger partial charge in [-0.15, -0.1) is 0 Å². The van der Waals surface area contributed by atoms with Gasteiger partial charge in [0, 0.05) is 56.1 Å². The third-order valence-corrected chi connectivity index (χ3v) is 8.65. The van der Waals surface area contributed by atoms with Crippen LogP contribution < -0.4 is 10.1 Å². The molecule has 1 saturated heterocycles. The summed E-state index contributed by atoms with van der Waals surface area (Å²) in [6, 6.07) is 14.8. The molecular formula is C30H36F2N2O3. The molecule has 5 rings (SSSR count). The number of rotatable bonds is 9. The molecule has 1 amide bonds. The van der Waals surface area contributed by atoms with Gasteiger partial charge >= 0.3 is 0 Å². The molecule has 1 aliphatic heterocycles. The number of fused-ring (bicyclic) bond motifs is 1. The quantitative estimate of drug-likeness (QED) is 0.450. The van der Waals surface area contributed by atoms with Crippen LogP contribution in [0.3, 0.4) is 0 Å². The normalized spacial score (nSPS) is 27.4. The molecule has 0 radical (unpaired) electrons. The van der Waals surface area contributed by atoms with Crippen molar-refractivity contribution in [2.75, 3.05) is 25.5 Å². The predicted molar refractivity (Wildman–Crippen MR) is 139 cm³/mol. The van der Waals surface area contributed by atoms with E-state index in [4.69, 9.17) is 4.74 Å². The van der Waals surface area contributed by atoms with Crippen LogP contribution in [0.1, 0.15) is 62.5 Å². The highest BCUT2D eigenvalue weighted by molar-refractivity contribution is 5.94. The zero-order valence-corrected chi connectivity index (χ0v) is 21.6. The van der Waals surface area contributed by atoms with E-state index in [2.05, 4.69) is 22.3 Å². The van der Waals surface area contributed by atoms with Gasteiger partial charge in [0.2, 0.25) is 5.91 Å². The number of ether oxygens (including phenoxy) is 1. The van der Waals surface area contributed by atoms with E-state index in [1.807, 2.05) is 12.1 Å². The largest absolute Gasteiger partial charge is 0.497 e. The zero-order chi connectivity index (χ0) is 26.2. The average molecular weight is 511 g/mol. The van der Waals surface area contributed by atoms with E-state index in [1.54, 1.807) is 13.2 Å². The molecular weight excluding hydrogens is 474 g/mol. The first-order chi connectivity index (χ1) is 17.7. The van der Waals surface area contributed by atoms with Gasteiger partial charge in [-0.05, 0) is 73.3 Å². The van der Waals surface area contributed by atoms with E-state index in [0.29, 0.717) is 29.5 Å². The molecule has 2 aromatic carbocycles. The Kier molecular flexibility index (Phi) is 7.35. The van der Waals surface area contributed by atoms with Crippen LogP contribution in [-0.2, 0) is 15.5 Å². The summed E-state index contributed by atoms with van der Waals surface area (Å²) >= 11 is 0. The number of hydrogen-bond acceptors (Lipinski definition) is 4. The molecule has 7 heteroatoms. The number of carbonyl (C=O) groups excluding carboxylic acids is 2. The van der Waals surface area contributed by atoms with Crippen LogP contribution in [0.5, 0.6) is 5.75 Å². The zero-order valence-electron chi connectivity index (χ0n) is 21.6. The molecule has 1 unspecified atom stereocenters. The summed E-state index contributed by atoms with van der Waals surface area (Å²) in [7, 11) is 1.69. The molecule has 2 saturated carbocycles. The molecule has 0 aromatic heterocycles. The Labute approximate surface area is 217 Å². The number of halogens is 2. The van der Waals surface area contributed by atoms with Crippen molar-refractivity contribution in [3.63, 3.8) is 0 Å². The summed E-state index contributed by atoms with van der Waals surface area (Å²) in [6.45, 7) is 2.81. The summed E-state index contributed by atoms with van der Waals surface area (Å²) in [6.07, 6.45) is 5.07. The number of nitrogens with one attached hydrogen (secondary N) is 1. The van der Waals surface area contributed by atoms with Gasteiger partial charge in [0.1, 0.15) is 11.5 Å². The number of alkyl halides is 2. The van der Waals surface area contributed by atoms with E-state index in [1.165, 1.54) is 49.4 Å². The monoisotopic (exact) mass is 510 g/mol. The topological polar surface area (TPSA) is 58.6 Å². The van der Waals surface area contributed by atoms with Gasteiger partial charge in [-0.25, -0.2) is 8.78 Å². The minimum absolute atomic E-state index is 0.0839. The number of anilines is 1. The lowest BCUT2D eigenvalue weighted by Crippen LogP contribution is -2.38. The highest BCUT2D eigenvalue weighted by Gasteiger charge is 2.59. The molecule has 37 heavy (non-hydrogen) atoms. The van der Waals surface area contributed by atoms with Crippen molar-refractivity contribution in [3.05, 3.63) is 59.7 Å². The number of methoxy groups -OCH3 is 1. The number of likely N-dealkylation sites (tertiary alicyclic amines) is 1. The minimum atomic E-state index is -2.97. The van der Waals surface area contributed by atoms with Crippen molar-refractivity contribution in [1.29, 1.82) is 0 Å². The summed E-state index contributed by atoms with van der Waals surface area (Å²) in [5.41, 5.74) is 1.58. The van der Waals surface area contributed by atoms with Crippen molar-refractivity contribution < 1.29 is 23.1 Å². The Hall–Kier alpha value is -2.80. The molecule has 0 bridgehead atoms. The van der Waals surface area contributed by atoms with E-state index < -0.39 is 5.92 Å². The molecule has 3 aliphatic rings. The predicted octanol–water partition coefficient (Wildman–Crippen LogP) is 6.00. The number of Topliss-reactive ketones (excluding diaryl/α,β-unsaturated/α-hetero) is 1. The SMILES string of the molecule is COc1ccc(C2CCC(N3C[C@@H]4C(C(=O)CCC(=O)Nc5cccc(C(C)(F)F)c5)[C@@H]4C3)CC2)cc1. The van der Waals surface area contributed by atoms with E-state index >= 15 is 0 Å².